The summed E-state index contributed by atoms with van der Waals surface area (Å²) in [4.78, 5) is 12.6. The third-order valence-corrected chi connectivity index (χ3v) is 3.85. The van der Waals surface area contributed by atoms with Gasteiger partial charge in [-0.15, -0.1) is 0 Å². The number of carbonyl (C=O) groups is 1. The molecule has 0 spiro atoms. The molecule has 0 aliphatic rings. The van der Waals surface area contributed by atoms with Gasteiger partial charge in [-0.05, 0) is 38.0 Å². The Labute approximate surface area is 126 Å². The van der Waals surface area contributed by atoms with Gasteiger partial charge in [-0.25, -0.2) is 0 Å². The molecule has 21 heavy (non-hydrogen) atoms. The highest BCUT2D eigenvalue weighted by Crippen LogP contribution is 2.21. The molecule has 2 aromatic carbocycles. The van der Waals surface area contributed by atoms with Crippen LogP contribution in [0.15, 0.2) is 48.5 Å². The van der Waals surface area contributed by atoms with Crippen LogP contribution in [-0.4, -0.2) is 12.5 Å². The van der Waals surface area contributed by atoms with Crippen LogP contribution in [0.3, 0.4) is 0 Å². The van der Waals surface area contributed by atoms with Crippen LogP contribution in [0.5, 0.6) is 0 Å². The number of aryl methyl sites for hydroxylation is 2. The molecule has 1 unspecified atom stereocenters. The molecule has 0 radical (unpaired) electrons. The lowest BCUT2D eigenvalue weighted by Gasteiger charge is -2.30. The quantitative estimate of drug-likeness (QED) is 0.906. The second kappa shape index (κ2) is 6.10. The average Bonchev–Trinajstić information content (AvgIpc) is 2.50. The Morgan fingerprint density at radius 1 is 1.14 bits per heavy atom. The summed E-state index contributed by atoms with van der Waals surface area (Å²) in [6.07, 6.45) is 0. The fraction of sp³-hybridized carbons (Fsp3) is 0.278. The standard InChI is InChI=1S/C18H22N2O/c1-13-9-10-14(2)16(11-13)17(21)20-18(3,12-19)15-7-5-4-6-8-15/h4-11H,12,19H2,1-3H3,(H,20,21). The zero-order valence-corrected chi connectivity index (χ0v) is 12.8. The third-order valence-electron chi connectivity index (χ3n) is 3.85. The maximum atomic E-state index is 12.6. The molecule has 0 saturated carbocycles. The summed E-state index contributed by atoms with van der Waals surface area (Å²) in [7, 11) is 0. The second-order valence-electron chi connectivity index (χ2n) is 5.67. The number of nitrogens with one attached hydrogen (secondary N) is 1. The Kier molecular flexibility index (Phi) is 4.43. The predicted molar refractivity (Wildman–Crippen MR) is 86.2 cm³/mol. The molecular weight excluding hydrogens is 260 g/mol. The normalized spacial score (nSPS) is 13.5. The molecule has 1 amide bonds. The molecule has 2 rings (SSSR count). The van der Waals surface area contributed by atoms with E-state index in [0.29, 0.717) is 12.1 Å². The first-order chi connectivity index (χ1) is 9.96. The maximum Gasteiger partial charge on any atom is 0.252 e. The highest BCUT2D eigenvalue weighted by atomic mass is 16.1. The number of hydrogen-bond donors (Lipinski definition) is 2. The molecule has 1 atom stereocenters. The maximum absolute atomic E-state index is 12.6. The number of hydrogen-bond acceptors (Lipinski definition) is 2. The summed E-state index contributed by atoms with van der Waals surface area (Å²) in [6, 6.07) is 15.7. The Bertz CT molecular complexity index is 637. The van der Waals surface area contributed by atoms with Gasteiger partial charge in [0.2, 0.25) is 0 Å². The van der Waals surface area contributed by atoms with Crippen molar-refractivity contribution in [3.05, 3.63) is 70.8 Å². The van der Waals surface area contributed by atoms with Gasteiger partial charge in [0.05, 0.1) is 5.54 Å². The number of benzene rings is 2. The largest absolute Gasteiger partial charge is 0.342 e. The summed E-state index contributed by atoms with van der Waals surface area (Å²) in [5, 5.41) is 3.08. The molecule has 3 nitrogen and oxygen atoms in total. The van der Waals surface area contributed by atoms with Crippen LogP contribution in [0.25, 0.3) is 0 Å². The SMILES string of the molecule is Cc1ccc(C)c(C(=O)NC(C)(CN)c2ccccc2)c1. The van der Waals surface area contributed by atoms with Gasteiger partial charge in [-0.3, -0.25) is 4.79 Å². The monoisotopic (exact) mass is 282 g/mol. The number of amides is 1. The van der Waals surface area contributed by atoms with E-state index in [9.17, 15) is 4.79 Å². The fourth-order valence-electron chi connectivity index (χ4n) is 2.35. The molecule has 3 N–H and O–H groups in total. The highest BCUT2D eigenvalue weighted by molar-refractivity contribution is 5.96. The lowest BCUT2D eigenvalue weighted by molar-refractivity contribution is 0.0907. The lowest BCUT2D eigenvalue weighted by atomic mass is 9.91. The van der Waals surface area contributed by atoms with E-state index in [1.807, 2.05) is 69.3 Å². The highest BCUT2D eigenvalue weighted by Gasteiger charge is 2.27. The number of nitrogens with two attached hydrogens (primary N) is 1. The van der Waals surface area contributed by atoms with E-state index < -0.39 is 5.54 Å². The summed E-state index contributed by atoms with van der Waals surface area (Å²) in [5.41, 5.74) is 9.08. The van der Waals surface area contributed by atoms with Crippen molar-refractivity contribution in [3.63, 3.8) is 0 Å². The van der Waals surface area contributed by atoms with Gasteiger partial charge >= 0.3 is 0 Å². The van der Waals surface area contributed by atoms with E-state index in [0.717, 1.165) is 16.7 Å². The summed E-state index contributed by atoms with van der Waals surface area (Å²) >= 11 is 0. The molecule has 0 saturated heterocycles. The molecule has 0 aliphatic carbocycles. The van der Waals surface area contributed by atoms with Crippen molar-refractivity contribution in [2.24, 2.45) is 5.73 Å². The van der Waals surface area contributed by atoms with Crippen molar-refractivity contribution in [1.82, 2.24) is 5.32 Å². The van der Waals surface area contributed by atoms with Crippen LogP contribution in [0.2, 0.25) is 0 Å². The van der Waals surface area contributed by atoms with Gasteiger partial charge in [0, 0.05) is 12.1 Å². The average molecular weight is 282 g/mol. The van der Waals surface area contributed by atoms with Crippen molar-refractivity contribution in [2.75, 3.05) is 6.54 Å². The zero-order chi connectivity index (χ0) is 15.5. The van der Waals surface area contributed by atoms with Crippen LogP contribution in [0.1, 0.15) is 34.0 Å². The van der Waals surface area contributed by atoms with Gasteiger partial charge in [-0.1, -0.05) is 48.0 Å². The summed E-state index contributed by atoms with van der Waals surface area (Å²) in [5.74, 6) is -0.0898. The van der Waals surface area contributed by atoms with Crippen LogP contribution in [0.4, 0.5) is 0 Å². The van der Waals surface area contributed by atoms with E-state index in [1.54, 1.807) is 0 Å². The van der Waals surface area contributed by atoms with Gasteiger partial charge in [0.25, 0.3) is 5.91 Å². The first-order valence-electron chi connectivity index (χ1n) is 7.11. The first-order valence-corrected chi connectivity index (χ1v) is 7.11. The minimum absolute atomic E-state index is 0.0898. The van der Waals surface area contributed by atoms with Gasteiger partial charge in [0.15, 0.2) is 0 Å². The fourth-order valence-corrected chi connectivity index (χ4v) is 2.35. The van der Waals surface area contributed by atoms with Gasteiger partial charge in [-0.2, -0.15) is 0 Å². The van der Waals surface area contributed by atoms with E-state index in [-0.39, 0.29) is 5.91 Å². The van der Waals surface area contributed by atoms with Gasteiger partial charge in [0.1, 0.15) is 0 Å². The van der Waals surface area contributed by atoms with E-state index in [2.05, 4.69) is 5.32 Å². The van der Waals surface area contributed by atoms with Gasteiger partial charge < -0.3 is 11.1 Å². The van der Waals surface area contributed by atoms with Crippen LogP contribution in [0, 0.1) is 13.8 Å². The minimum Gasteiger partial charge on any atom is -0.342 e. The lowest BCUT2D eigenvalue weighted by Crippen LogP contribution is -2.48. The van der Waals surface area contributed by atoms with Crippen LogP contribution in [-0.2, 0) is 5.54 Å². The van der Waals surface area contributed by atoms with E-state index in [4.69, 9.17) is 5.73 Å². The predicted octanol–water partition coefficient (Wildman–Crippen LogP) is 2.91. The van der Waals surface area contributed by atoms with Crippen molar-refractivity contribution in [2.45, 2.75) is 26.3 Å². The Morgan fingerprint density at radius 3 is 2.43 bits per heavy atom. The smallest absolute Gasteiger partial charge is 0.252 e. The van der Waals surface area contributed by atoms with Crippen molar-refractivity contribution < 1.29 is 4.79 Å². The Balaban J connectivity index is 2.30. The number of rotatable bonds is 4. The molecule has 0 bridgehead atoms. The first kappa shape index (κ1) is 15.3. The van der Waals surface area contributed by atoms with E-state index >= 15 is 0 Å². The molecule has 0 aromatic heterocycles. The van der Waals surface area contributed by atoms with Crippen LogP contribution >= 0.6 is 0 Å². The Hall–Kier alpha value is -2.13. The Morgan fingerprint density at radius 2 is 1.81 bits per heavy atom. The summed E-state index contributed by atoms with van der Waals surface area (Å²) in [6.45, 7) is 6.21. The van der Waals surface area contributed by atoms with E-state index in [1.165, 1.54) is 0 Å². The minimum atomic E-state index is -0.575. The molecule has 0 fully saturated rings. The summed E-state index contributed by atoms with van der Waals surface area (Å²) < 4.78 is 0. The van der Waals surface area contributed by atoms with Crippen molar-refractivity contribution in [1.29, 1.82) is 0 Å². The third kappa shape index (κ3) is 3.31. The van der Waals surface area contributed by atoms with Crippen molar-refractivity contribution in [3.8, 4) is 0 Å². The number of carbonyl (C=O) groups excluding carboxylic acids is 1. The molecule has 2 aromatic rings. The second-order valence-corrected chi connectivity index (χ2v) is 5.67. The molecular formula is C18H22N2O. The molecule has 3 heteroatoms. The molecule has 0 heterocycles. The molecule has 0 aliphatic heterocycles. The zero-order valence-electron chi connectivity index (χ0n) is 12.8. The topological polar surface area (TPSA) is 55.1 Å². The molecule has 110 valence electrons. The van der Waals surface area contributed by atoms with Crippen molar-refractivity contribution >= 4 is 5.91 Å². The van der Waals surface area contributed by atoms with Crippen LogP contribution < -0.4 is 11.1 Å².